The molecule has 0 aromatic rings. The van der Waals surface area contributed by atoms with E-state index in [-0.39, 0.29) is 18.9 Å². The minimum Gasteiger partial charge on any atom is -0.555 e. The Hall–Kier alpha value is 0.557. The van der Waals surface area contributed by atoms with Gasteiger partial charge < -0.3 is 4.74 Å². The predicted molar refractivity (Wildman–Crippen MR) is 17.0 cm³/mol. The van der Waals surface area contributed by atoms with E-state index in [4.69, 9.17) is 0 Å². The molecule has 0 aliphatic rings. The van der Waals surface area contributed by atoms with Gasteiger partial charge in [0.2, 0.25) is 0 Å². The van der Waals surface area contributed by atoms with Crippen molar-refractivity contribution in [3.05, 3.63) is 7.11 Å². The summed E-state index contributed by atoms with van der Waals surface area (Å²) in [6.45, 7) is 2.60. The normalized spacial score (nSPS) is 6.00. The van der Waals surface area contributed by atoms with Gasteiger partial charge in [-0.05, 0) is 6.92 Å². The Balaban J connectivity index is 0. The Labute approximate surface area is 44.9 Å². The van der Waals surface area contributed by atoms with Crippen molar-refractivity contribution in [1.82, 2.24) is 0 Å². The molecule has 0 aromatic carbocycles. The SMILES string of the molecule is [CH2-]OCC.[Li+]. The van der Waals surface area contributed by atoms with Gasteiger partial charge in [-0.15, -0.1) is 0 Å². The van der Waals surface area contributed by atoms with E-state index < -0.39 is 0 Å². The molecule has 0 N–H and O–H groups in total. The average molecular weight is 66.0 g/mol. The van der Waals surface area contributed by atoms with Gasteiger partial charge in [0.05, 0.1) is 0 Å². The Morgan fingerprint density at radius 2 is 2.00 bits per heavy atom. The Kier molecular flexibility index (Phi) is 16.1. The van der Waals surface area contributed by atoms with Crippen molar-refractivity contribution in [3.63, 3.8) is 0 Å². The maximum Gasteiger partial charge on any atom is 1.00 e. The average Bonchev–Trinajstić information content (AvgIpc) is 1.37. The summed E-state index contributed by atoms with van der Waals surface area (Å²) >= 11 is 0. The molecule has 0 heterocycles. The summed E-state index contributed by atoms with van der Waals surface area (Å²) in [7, 11) is 3.10. The van der Waals surface area contributed by atoms with Crippen LogP contribution in [0.5, 0.6) is 0 Å². The summed E-state index contributed by atoms with van der Waals surface area (Å²) in [5.74, 6) is 0. The molecule has 1 nitrogen and oxygen atoms in total. The number of ether oxygens (including phenoxy) is 1. The van der Waals surface area contributed by atoms with Crippen molar-refractivity contribution in [2.45, 2.75) is 6.92 Å². The Bertz CT molecular complexity index is 8.85. The van der Waals surface area contributed by atoms with Crippen LogP contribution < -0.4 is 18.9 Å². The summed E-state index contributed by atoms with van der Waals surface area (Å²) in [6, 6.07) is 0. The summed E-state index contributed by atoms with van der Waals surface area (Å²) in [5.41, 5.74) is 0. The van der Waals surface area contributed by atoms with E-state index in [9.17, 15) is 0 Å². The van der Waals surface area contributed by atoms with Crippen molar-refractivity contribution >= 4 is 0 Å². The van der Waals surface area contributed by atoms with Gasteiger partial charge in [0.15, 0.2) is 0 Å². The van der Waals surface area contributed by atoms with Gasteiger partial charge >= 0.3 is 18.9 Å². The largest absolute Gasteiger partial charge is 1.00 e. The van der Waals surface area contributed by atoms with E-state index in [0.29, 0.717) is 6.61 Å². The first-order chi connectivity index (χ1) is 1.91. The quantitative estimate of drug-likeness (QED) is 0.250. The molecule has 0 aliphatic heterocycles. The molecule has 2 heteroatoms. The fourth-order valence-electron chi connectivity index (χ4n) is 0. The number of hydrogen-bond acceptors (Lipinski definition) is 1. The van der Waals surface area contributed by atoms with Crippen LogP contribution in [0.1, 0.15) is 6.92 Å². The minimum absolute atomic E-state index is 0. The molecule has 0 bridgehead atoms. The Morgan fingerprint density at radius 1 is 1.80 bits per heavy atom. The van der Waals surface area contributed by atoms with Crippen molar-refractivity contribution in [2.24, 2.45) is 0 Å². The van der Waals surface area contributed by atoms with Gasteiger partial charge in [0, 0.05) is 6.61 Å². The molecule has 0 atom stereocenters. The minimum atomic E-state index is 0. The topological polar surface area (TPSA) is 9.23 Å². The van der Waals surface area contributed by atoms with Crippen molar-refractivity contribution in [1.29, 1.82) is 0 Å². The molecule has 0 saturated heterocycles. The van der Waals surface area contributed by atoms with Crippen molar-refractivity contribution < 1.29 is 23.6 Å². The summed E-state index contributed by atoms with van der Waals surface area (Å²) < 4.78 is 4.29. The third kappa shape index (κ3) is 12.3. The number of hydrogen-bond donors (Lipinski definition) is 0. The van der Waals surface area contributed by atoms with Crippen LogP contribution in [-0.2, 0) is 4.74 Å². The standard InChI is InChI=1S/C3H7O.Li/c1-3-4-2;/h2-3H2,1H3;/q-1;+1. The number of rotatable bonds is 1. The molecule has 0 fully saturated rings. The molecular formula is C3H7LiO. The van der Waals surface area contributed by atoms with Gasteiger partial charge in [-0.2, -0.15) is 0 Å². The summed E-state index contributed by atoms with van der Waals surface area (Å²) in [5, 5.41) is 0. The van der Waals surface area contributed by atoms with E-state index in [0.717, 1.165) is 0 Å². The third-order valence-electron chi connectivity index (χ3n) is 0.204. The molecule has 5 heavy (non-hydrogen) atoms. The summed E-state index contributed by atoms with van der Waals surface area (Å²) in [6.07, 6.45) is 0. The van der Waals surface area contributed by atoms with Crippen LogP contribution in [0.15, 0.2) is 0 Å². The van der Waals surface area contributed by atoms with Gasteiger partial charge in [-0.25, -0.2) is 7.11 Å². The molecule has 0 rings (SSSR count). The van der Waals surface area contributed by atoms with Gasteiger partial charge in [-0.3, -0.25) is 0 Å². The second kappa shape index (κ2) is 8.82. The fourth-order valence-corrected chi connectivity index (χ4v) is 0. The molecule has 0 radical (unpaired) electrons. The van der Waals surface area contributed by atoms with E-state index in [1.165, 1.54) is 0 Å². The van der Waals surface area contributed by atoms with Crippen LogP contribution in [0, 0.1) is 7.11 Å². The third-order valence-corrected chi connectivity index (χ3v) is 0.204. The molecule has 0 aliphatic carbocycles. The first-order valence-electron chi connectivity index (χ1n) is 1.28. The van der Waals surface area contributed by atoms with Crippen molar-refractivity contribution in [2.75, 3.05) is 6.61 Å². The summed E-state index contributed by atoms with van der Waals surface area (Å²) in [4.78, 5) is 0. The maximum atomic E-state index is 4.29. The first kappa shape index (κ1) is 9.12. The second-order valence-corrected chi connectivity index (χ2v) is 0.493. The monoisotopic (exact) mass is 66.1 g/mol. The van der Waals surface area contributed by atoms with E-state index in [2.05, 4.69) is 11.8 Å². The molecule has 0 unspecified atom stereocenters. The van der Waals surface area contributed by atoms with Crippen LogP contribution in [0.3, 0.4) is 0 Å². The smallest absolute Gasteiger partial charge is 0.555 e. The first-order valence-corrected chi connectivity index (χ1v) is 1.28. The van der Waals surface area contributed by atoms with Crippen LogP contribution in [0.25, 0.3) is 0 Å². The maximum absolute atomic E-state index is 4.29. The van der Waals surface area contributed by atoms with Crippen LogP contribution >= 0.6 is 0 Å². The zero-order valence-electron chi connectivity index (χ0n) is 3.82. The second-order valence-electron chi connectivity index (χ2n) is 0.493. The molecule has 0 aromatic heterocycles. The fraction of sp³-hybridized carbons (Fsp3) is 0.667. The van der Waals surface area contributed by atoms with Crippen molar-refractivity contribution in [3.8, 4) is 0 Å². The zero-order valence-corrected chi connectivity index (χ0v) is 3.82. The molecule has 0 saturated carbocycles. The molecular weight excluding hydrogens is 59.0 g/mol. The van der Waals surface area contributed by atoms with E-state index >= 15 is 0 Å². The zero-order chi connectivity index (χ0) is 3.41. The van der Waals surface area contributed by atoms with E-state index in [1.54, 1.807) is 0 Å². The molecule has 0 amide bonds. The Morgan fingerprint density at radius 3 is 2.00 bits per heavy atom. The van der Waals surface area contributed by atoms with Crippen LogP contribution in [0.4, 0.5) is 0 Å². The van der Waals surface area contributed by atoms with Crippen LogP contribution in [0.2, 0.25) is 0 Å². The van der Waals surface area contributed by atoms with Gasteiger partial charge in [0.25, 0.3) is 0 Å². The van der Waals surface area contributed by atoms with Crippen LogP contribution in [-0.4, -0.2) is 6.61 Å². The molecule has 0 spiro atoms. The predicted octanol–water partition coefficient (Wildman–Crippen LogP) is -2.18. The van der Waals surface area contributed by atoms with E-state index in [1.807, 2.05) is 6.92 Å². The van der Waals surface area contributed by atoms with Gasteiger partial charge in [0.1, 0.15) is 0 Å². The molecule has 26 valence electrons. The van der Waals surface area contributed by atoms with Gasteiger partial charge in [-0.1, -0.05) is 0 Å².